The van der Waals surface area contributed by atoms with Crippen LogP contribution in [0.25, 0.3) is 0 Å². The van der Waals surface area contributed by atoms with Gasteiger partial charge in [-0.1, -0.05) is 22.0 Å². The second kappa shape index (κ2) is 4.94. The first-order valence-corrected chi connectivity index (χ1v) is 6.94. The molecule has 0 spiro atoms. The molecule has 0 saturated heterocycles. The molecule has 0 radical (unpaired) electrons. The molecule has 1 aliphatic heterocycles. The molecule has 1 aliphatic rings. The highest BCUT2D eigenvalue weighted by Crippen LogP contribution is 2.26. The highest BCUT2D eigenvalue weighted by Gasteiger charge is 2.19. The summed E-state index contributed by atoms with van der Waals surface area (Å²) in [6.45, 7) is 2.50. The van der Waals surface area contributed by atoms with E-state index in [1.165, 1.54) is 17.2 Å². The Labute approximate surface area is 120 Å². The molecular weight excluding hydrogens is 307 g/mol. The summed E-state index contributed by atoms with van der Waals surface area (Å²) in [6.07, 6.45) is 0. The molecule has 2 aromatic carbocycles. The van der Waals surface area contributed by atoms with Gasteiger partial charge in [-0.3, -0.25) is 4.90 Å². The van der Waals surface area contributed by atoms with E-state index in [2.05, 4.69) is 26.9 Å². The number of hydrogen-bond donors (Lipinski definition) is 1. The van der Waals surface area contributed by atoms with Crippen molar-refractivity contribution < 1.29 is 4.39 Å². The Hall–Kier alpha value is -1.39. The highest BCUT2D eigenvalue weighted by atomic mass is 79.9. The quantitative estimate of drug-likeness (QED) is 0.855. The molecule has 98 valence electrons. The molecule has 0 unspecified atom stereocenters. The van der Waals surface area contributed by atoms with Crippen molar-refractivity contribution in [3.8, 4) is 0 Å². The van der Waals surface area contributed by atoms with Crippen LogP contribution in [0, 0.1) is 5.82 Å². The molecule has 3 rings (SSSR count). The van der Waals surface area contributed by atoms with Crippen molar-refractivity contribution in [1.82, 2.24) is 4.90 Å². The van der Waals surface area contributed by atoms with Crippen LogP contribution in [0.15, 0.2) is 40.9 Å². The monoisotopic (exact) mass is 320 g/mol. The summed E-state index contributed by atoms with van der Waals surface area (Å²) in [5, 5.41) is 0. The van der Waals surface area contributed by atoms with Crippen molar-refractivity contribution in [2.45, 2.75) is 19.6 Å². The lowest BCUT2D eigenvalue weighted by Gasteiger charge is -2.15. The maximum atomic E-state index is 13.4. The largest absolute Gasteiger partial charge is 0.399 e. The summed E-state index contributed by atoms with van der Waals surface area (Å²) >= 11 is 3.33. The lowest BCUT2D eigenvalue weighted by molar-refractivity contribution is 0.275. The van der Waals surface area contributed by atoms with Crippen molar-refractivity contribution in [3.05, 3.63) is 63.4 Å². The van der Waals surface area contributed by atoms with Gasteiger partial charge in [-0.2, -0.15) is 0 Å². The third-order valence-electron chi connectivity index (χ3n) is 3.35. The summed E-state index contributed by atoms with van der Waals surface area (Å²) < 4.78 is 14.1. The van der Waals surface area contributed by atoms with Crippen LogP contribution in [0.2, 0.25) is 0 Å². The van der Waals surface area contributed by atoms with Gasteiger partial charge in [0.2, 0.25) is 0 Å². The minimum absolute atomic E-state index is 0.203. The van der Waals surface area contributed by atoms with Crippen molar-refractivity contribution in [3.63, 3.8) is 0 Å². The van der Waals surface area contributed by atoms with Crippen molar-refractivity contribution in [1.29, 1.82) is 0 Å². The SMILES string of the molecule is Nc1ccc2c(c1)CN(Cc1cc(F)cc(Br)c1)C2. The summed E-state index contributed by atoms with van der Waals surface area (Å²) in [7, 11) is 0. The molecule has 0 bridgehead atoms. The molecule has 1 heterocycles. The third-order valence-corrected chi connectivity index (χ3v) is 3.80. The second-order valence-corrected chi connectivity index (χ2v) is 5.87. The van der Waals surface area contributed by atoms with Crippen LogP contribution in [0.4, 0.5) is 10.1 Å². The van der Waals surface area contributed by atoms with Crippen molar-refractivity contribution in [2.75, 3.05) is 5.73 Å². The Morgan fingerprint density at radius 1 is 1.11 bits per heavy atom. The highest BCUT2D eigenvalue weighted by molar-refractivity contribution is 9.10. The van der Waals surface area contributed by atoms with E-state index >= 15 is 0 Å². The second-order valence-electron chi connectivity index (χ2n) is 4.95. The summed E-state index contributed by atoms with van der Waals surface area (Å²) in [5.41, 5.74) is 10.2. The standard InChI is InChI=1S/C15H14BrFN2/c16-13-3-10(4-14(17)6-13)7-19-8-11-1-2-15(18)5-12(11)9-19/h1-6H,7-9,18H2. The molecule has 0 aliphatic carbocycles. The van der Waals surface area contributed by atoms with E-state index < -0.39 is 0 Å². The number of halogens is 2. The fraction of sp³-hybridized carbons (Fsp3) is 0.200. The molecule has 2 aromatic rings. The summed E-state index contributed by atoms with van der Waals surface area (Å²) in [4.78, 5) is 2.28. The number of hydrogen-bond acceptors (Lipinski definition) is 2. The molecule has 0 atom stereocenters. The van der Waals surface area contributed by atoms with E-state index in [4.69, 9.17) is 5.73 Å². The Morgan fingerprint density at radius 2 is 1.89 bits per heavy atom. The van der Waals surface area contributed by atoms with Gasteiger partial charge in [-0.05, 0) is 47.0 Å². The Morgan fingerprint density at radius 3 is 2.68 bits per heavy atom. The zero-order valence-electron chi connectivity index (χ0n) is 10.4. The van der Waals surface area contributed by atoms with Crippen LogP contribution in [-0.2, 0) is 19.6 Å². The molecule has 2 N–H and O–H groups in total. The predicted molar refractivity (Wildman–Crippen MR) is 77.9 cm³/mol. The van der Waals surface area contributed by atoms with E-state index in [0.29, 0.717) is 0 Å². The van der Waals surface area contributed by atoms with Crippen LogP contribution < -0.4 is 5.73 Å². The lowest BCUT2D eigenvalue weighted by Crippen LogP contribution is -2.15. The van der Waals surface area contributed by atoms with E-state index in [9.17, 15) is 4.39 Å². The van der Waals surface area contributed by atoms with Gasteiger partial charge in [0.25, 0.3) is 0 Å². The Balaban J connectivity index is 1.76. The first-order chi connectivity index (χ1) is 9.10. The van der Waals surface area contributed by atoms with E-state index in [0.717, 1.165) is 35.4 Å². The van der Waals surface area contributed by atoms with Crippen LogP contribution in [0.1, 0.15) is 16.7 Å². The molecule has 0 aromatic heterocycles. The number of nitrogens with two attached hydrogens (primary N) is 1. The smallest absolute Gasteiger partial charge is 0.124 e. The van der Waals surface area contributed by atoms with Crippen LogP contribution in [0.5, 0.6) is 0 Å². The fourth-order valence-corrected chi connectivity index (χ4v) is 3.07. The number of fused-ring (bicyclic) bond motifs is 1. The van der Waals surface area contributed by atoms with E-state index in [1.54, 1.807) is 6.07 Å². The minimum atomic E-state index is -0.203. The third kappa shape index (κ3) is 2.80. The number of nitrogen functional groups attached to an aromatic ring is 1. The number of anilines is 1. The molecule has 0 saturated carbocycles. The zero-order valence-corrected chi connectivity index (χ0v) is 12.0. The molecule has 19 heavy (non-hydrogen) atoms. The first-order valence-electron chi connectivity index (χ1n) is 6.15. The number of rotatable bonds is 2. The van der Waals surface area contributed by atoms with Gasteiger partial charge >= 0.3 is 0 Å². The summed E-state index contributed by atoms with van der Waals surface area (Å²) in [5.74, 6) is -0.203. The van der Waals surface area contributed by atoms with Crippen LogP contribution in [0.3, 0.4) is 0 Å². The minimum Gasteiger partial charge on any atom is -0.399 e. The van der Waals surface area contributed by atoms with E-state index in [1.807, 2.05) is 18.2 Å². The van der Waals surface area contributed by atoms with Gasteiger partial charge < -0.3 is 5.73 Å². The molecule has 2 nitrogen and oxygen atoms in total. The lowest BCUT2D eigenvalue weighted by atomic mass is 10.1. The average Bonchev–Trinajstić information content (AvgIpc) is 2.68. The number of benzene rings is 2. The maximum absolute atomic E-state index is 13.4. The van der Waals surface area contributed by atoms with Gasteiger partial charge in [0.1, 0.15) is 5.82 Å². The Kier molecular flexibility index (Phi) is 3.29. The molecule has 0 fully saturated rings. The molecule has 4 heteroatoms. The summed E-state index contributed by atoms with van der Waals surface area (Å²) in [6, 6.07) is 11.1. The van der Waals surface area contributed by atoms with Gasteiger partial charge in [-0.15, -0.1) is 0 Å². The normalized spacial score (nSPS) is 14.6. The maximum Gasteiger partial charge on any atom is 0.124 e. The van der Waals surface area contributed by atoms with Gasteiger partial charge in [0.15, 0.2) is 0 Å². The topological polar surface area (TPSA) is 29.3 Å². The first kappa shape index (κ1) is 12.6. The predicted octanol–water partition coefficient (Wildman–Crippen LogP) is 3.69. The molecular formula is C15H14BrFN2. The van der Waals surface area contributed by atoms with Gasteiger partial charge in [-0.25, -0.2) is 4.39 Å². The van der Waals surface area contributed by atoms with Crippen LogP contribution >= 0.6 is 15.9 Å². The zero-order chi connectivity index (χ0) is 13.4. The Bertz CT molecular complexity index is 607. The van der Waals surface area contributed by atoms with Gasteiger partial charge in [0, 0.05) is 29.8 Å². The van der Waals surface area contributed by atoms with Crippen molar-refractivity contribution >= 4 is 21.6 Å². The fourth-order valence-electron chi connectivity index (χ4n) is 2.56. The van der Waals surface area contributed by atoms with Gasteiger partial charge in [0.05, 0.1) is 0 Å². The van der Waals surface area contributed by atoms with Crippen LogP contribution in [-0.4, -0.2) is 4.90 Å². The average molecular weight is 321 g/mol. The molecule has 0 amide bonds. The van der Waals surface area contributed by atoms with E-state index in [-0.39, 0.29) is 5.82 Å². The number of nitrogens with zero attached hydrogens (tertiary/aromatic N) is 1. The van der Waals surface area contributed by atoms with Crippen molar-refractivity contribution in [2.24, 2.45) is 0 Å².